The van der Waals surface area contributed by atoms with Gasteiger partial charge in [0.2, 0.25) is 0 Å². The van der Waals surface area contributed by atoms with Crippen LogP contribution < -0.4 is 20.1 Å². The third-order valence-corrected chi connectivity index (χ3v) is 3.61. The monoisotopic (exact) mass is 345 g/mol. The first-order valence-corrected chi connectivity index (χ1v) is 7.48. The van der Waals surface area contributed by atoms with E-state index in [0.29, 0.717) is 5.69 Å². The number of nitrogens with one attached hydrogen (secondary N) is 2. The third-order valence-electron chi connectivity index (χ3n) is 3.61. The Morgan fingerprint density at radius 1 is 1.12 bits per heavy atom. The number of benzene rings is 2. The van der Waals surface area contributed by atoms with E-state index in [0.717, 1.165) is 11.3 Å². The summed E-state index contributed by atoms with van der Waals surface area (Å²) in [6.07, 6.45) is 0. The molecule has 0 aromatic heterocycles. The number of nitrogens with zero attached hydrogens (tertiary/aromatic N) is 1. The van der Waals surface area contributed by atoms with E-state index in [1.807, 2.05) is 31.2 Å². The molecule has 132 valence electrons. The van der Waals surface area contributed by atoms with Crippen LogP contribution in [0.5, 0.6) is 11.5 Å². The molecule has 1 unspecified atom stereocenters. The average molecular weight is 345 g/mol. The molecule has 8 nitrogen and oxygen atoms in total. The summed E-state index contributed by atoms with van der Waals surface area (Å²) in [6, 6.07) is 10.6. The van der Waals surface area contributed by atoms with Gasteiger partial charge in [-0.25, -0.2) is 4.79 Å². The summed E-state index contributed by atoms with van der Waals surface area (Å²) in [7, 11) is 2.96. The smallest absolute Gasteiger partial charge is 0.319 e. The third kappa shape index (κ3) is 4.60. The van der Waals surface area contributed by atoms with Gasteiger partial charge in [0.25, 0.3) is 5.69 Å². The van der Waals surface area contributed by atoms with Crippen molar-refractivity contribution in [2.75, 3.05) is 19.5 Å². The van der Waals surface area contributed by atoms with Crippen LogP contribution in [0.3, 0.4) is 0 Å². The van der Waals surface area contributed by atoms with Crippen molar-refractivity contribution in [2.45, 2.75) is 13.0 Å². The second-order valence-corrected chi connectivity index (χ2v) is 5.24. The van der Waals surface area contributed by atoms with Crippen LogP contribution in [0.1, 0.15) is 18.5 Å². The number of non-ortho nitro benzene ring substituents is 1. The summed E-state index contributed by atoms with van der Waals surface area (Å²) in [4.78, 5) is 22.4. The molecule has 0 heterocycles. The van der Waals surface area contributed by atoms with Crippen LogP contribution in [0.15, 0.2) is 42.5 Å². The first-order chi connectivity index (χ1) is 11.9. The molecule has 1 atom stereocenters. The van der Waals surface area contributed by atoms with Crippen molar-refractivity contribution < 1.29 is 19.2 Å². The number of carbonyl (C=O) groups is 1. The molecule has 0 aliphatic carbocycles. The van der Waals surface area contributed by atoms with Crippen molar-refractivity contribution in [3.8, 4) is 11.5 Å². The lowest BCUT2D eigenvalue weighted by Crippen LogP contribution is -2.31. The van der Waals surface area contributed by atoms with Gasteiger partial charge in [0.1, 0.15) is 11.5 Å². The van der Waals surface area contributed by atoms with Gasteiger partial charge in [-0.1, -0.05) is 12.1 Å². The van der Waals surface area contributed by atoms with E-state index in [9.17, 15) is 14.9 Å². The van der Waals surface area contributed by atoms with Crippen LogP contribution >= 0.6 is 0 Å². The number of nitro groups is 1. The molecule has 2 aromatic carbocycles. The van der Waals surface area contributed by atoms with E-state index in [4.69, 9.17) is 9.47 Å². The molecule has 25 heavy (non-hydrogen) atoms. The maximum absolute atomic E-state index is 12.2. The van der Waals surface area contributed by atoms with Crippen LogP contribution in [0.2, 0.25) is 0 Å². The lowest BCUT2D eigenvalue weighted by Gasteiger charge is -2.16. The number of anilines is 1. The zero-order valence-corrected chi connectivity index (χ0v) is 14.1. The molecule has 0 bridgehead atoms. The van der Waals surface area contributed by atoms with Crippen molar-refractivity contribution in [3.63, 3.8) is 0 Å². The minimum Gasteiger partial charge on any atom is -0.497 e. The molecule has 2 aromatic rings. The van der Waals surface area contributed by atoms with Crippen molar-refractivity contribution in [3.05, 3.63) is 58.1 Å². The summed E-state index contributed by atoms with van der Waals surface area (Å²) in [5, 5.41) is 16.2. The molecule has 2 rings (SSSR count). The largest absolute Gasteiger partial charge is 0.497 e. The van der Waals surface area contributed by atoms with Crippen LogP contribution in [0, 0.1) is 10.1 Å². The van der Waals surface area contributed by atoms with Gasteiger partial charge in [0, 0.05) is 6.07 Å². The van der Waals surface area contributed by atoms with E-state index < -0.39 is 11.0 Å². The van der Waals surface area contributed by atoms with Gasteiger partial charge in [0.15, 0.2) is 0 Å². The zero-order valence-electron chi connectivity index (χ0n) is 14.1. The standard InChI is InChI=1S/C17H19N3O5/c1-11(12-4-7-14(24-2)8-5-12)18-17(21)19-15-9-6-13(20(22)23)10-16(15)25-3/h4-11H,1-3H3,(H2,18,19,21). The predicted octanol–water partition coefficient (Wildman–Crippen LogP) is 3.49. The number of hydrogen-bond donors (Lipinski definition) is 2. The summed E-state index contributed by atoms with van der Waals surface area (Å²) in [5.41, 5.74) is 1.13. The van der Waals surface area contributed by atoms with Crippen molar-refractivity contribution >= 4 is 17.4 Å². The van der Waals surface area contributed by atoms with Gasteiger partial charge >= 0.3 is 6.03 Å². The van der Waals surface area contributed by atoms with E-state index >= 15 is 0 Å². The Labute approximate surface area is 144 Å². The molecule has 0 radical (unpaired) electrons. The lowest BCUT2D eigenvalue weighted by atomic mass is 10.1. The molecule has 0 fully saturated rings. The van der Waals surface area contributed by atoms with Crippen molar-refractivity contribution in [1.29, 1.82) is 0 Å². The summed E-state index contributed by atoms with van der Waals surface area (Å²) in [6.45, 7) is 1.84. The fourth-order valence-corrected chi connectivity index (χ4v) is 2.23. The summed E-state index contributed by atoms with van der Waals surface area (Å²) in [5.74, 6) is 0.942. The Kier molecular flexibility index (Phi) is 5.78. The number of carbonyl (C=O) groups excluding carboxylic acids is 1. The molecule has 0 aliphatic heterocycles. The Balaban J connectivity index is 2.05. The number of rotatable bonds is 6. The van der Waals surface area contributed by atoms with E-state index in [1.165, 1.54) is 25.3 Å². The summed E-state index contributed by atoms with van der Waals surface area (Å²) < 4.78 is 10.2. The highest BCUT2D eigenvalue weighted by molar-refractivity contribution is 5.91. The van der Waals surface area contributed by atoms with Gasteiger partial charge in [-0.15, -0.1) is 0 Å². The van der Waals surface area contributed by atoms with Crippen molar-refractivity contribution in [1.82, 2.24) is 5.32 Å². The molecular weight excluding hydrogens is 326 g/mol. The number of methoxy groups -OCH3 is 2. The number of hydrogen-bond acceptors (Lipinski definition) is 5. The molecule has 2 N–H and O–H groups in total. The molecular formula is C17H19N3O5. The first kappa shape index (κ1) is 18.1. The molecule has 0 spiro atoms. The molecule has 2 amide bonds. The van der Waals surface area contributed by atoms with Crippen LogP contribution in [-0.2, 0) is 0 Å². The van der Waals surface area contributed by atoms with E-state index in [-0.39, 0.29) is 17.5 Å². The fourth-order valence-electron chi connectivity index (χ4n) is 2.23. The minimum absolute atomic E-state index is 0.116. The number of ether oxygens (including phenoxy) is 2. The van der Waals surface area contributed by atoms with Crippen molar-refractivity contribution in [2.24, 2.45) is 0 Å². The van der Waals surface area contributed by atoms with Gasteiger partial charge in [-0.05, 0) is 30.7 Å². The quantitative estimate of drug-likeness (QED) is 0.616. The Morgan fingerprint density at radius 2 is 1.80 bits per heavy atom. The highest BCUT2D eigenvalue weighted by Gasteiger charge is 2.15. The fraction of sp³-hybridized carbons (Fsp3) is 0.235. The van der Waals surface area contributed by atoms with Gasteiger partial charge in [0.05, 0.1) is 36.9 Å². The Hall–Kier alpha value is -3.29. The zero-order chi connectivity index (χ0) is 18.4. The maximum atomic E-state index is 12.2. The lowest BCUT2D eigenvalue weighted by molar-refractivity contribution is -0.384. The summed E-state index contributed by atoms with van der Waals surface area (Å²) >= 11 is 0. The SMILES string of the molecule is COc1ccc(C(C)NC(=O)Nc2ccc([N+](=O)[O-])cc2OC)cc1. The second kappa shape index (κ2) is 8.00. The highest BCUT2D eigenvalue weighted by Crippen LogP contribution is 2.29. The minimum atomic E-state index is -0.530. The molecule has 0 saturated carbocycles. The average Bonchev–Trinajstić information content (AvgIpc) is 2.61. The Morgan fingerprint density at radius 3 is 2.36 bits per heavy atom. The maximum Gasteiger partial charge on any atom is 0.319 e. The highest BCUT2D eigenvalue weighted by atomic mass is 16.6. The second-order valence-electron chi connectivity index (χ2n) is 5.24. The molecule has 8 heteroatoms. The van der Waals surface area contributed by atoms with Gasteiger partial charge in [-0.2, -0.15) is 0 Å². The van der Waals surface area contributed by atoms with Gasteiger partial charge in [-0.3, -0.25) is 10.1 Å². The number of nitro benzene ring substituents is 1. The van der Waals surface area contributed by atoms with Crippen LogP contribution in [-0.4, -0.2) is 25.2 Å². The van der Waals surface area contributed by atoms with Gasteiger partial charge < -0.3 is 20.1 Å². The first-order valence-electron chi connectivity index (χ1n) is 7.48. The molecule has 0 aliphatic rings. The predicted molar refractivity (Wildman–Crippen MR) is 93.2 cm³/mol. The van der Waals surface area contributed by atoms with E-state index in [1.54, 1.807) is 7.11 Å². The Bertz CT molecular complexity index is 761. The topological polar surface area (TPSA) is 103 Å². The molecule has 0 saturated heterocycles. The van der Waals surface area contributed by atoms with E-state index in [2.05, 4.69) is 10.6 Å². The number of amides is 2. The van der Waals surface area contributed by atoms with Crippen LogP contribution in [0.4, 0.5) is 16.2 Å². The normalized spacial score (nSPS) is 11.3. The number of urea groups is 1. The van der Waals surface area contributed by atoms with Crippen LogP contribution in [0.25, 0.3) is 0 Å².